The van der Waals surface area contributed by atoms with Gasteiger partial charge in [-0.1, -0.05) is 13.8 Å². The highest BCUT2D eigenvalue weighted by atomic mass is 16.5. The number of carbonyl (C=O) groups excluding carboxylic acids is 2. The second kappa shape index (κ2) is 6.25. The first kappa shape index (κ1) is 19.2. The monoisotopic (exact) mass is 366 g/mol. The van der Waals surface area contributed by atoms with E-state index in [1.165, 1.54) is 6.92 Å². The van der Waals surface area contributed by atoms with Gasteiger partial charge in [-0.2, -0.15) is 0 Å². The third kappa shape index (κ3) is 3.48. The molecule has 0 aromatic rings. The lowest BCUT2D eigenvalue weighted by atomic mass is 9.39. The van der Waals surface area contributed by atoms with Crippen LogP contribution in [0.3, 0.4) is 0 Å². The fourth-order valence-electron chi connectivity index (χ4n) is 6.56. The Morgan fingerprint density at radius 2 is 1.54 bits per heavy atom. The minimum atomic E-state index is -0.749. The maximum absolute atomic E-state index is 12.9. The van der Waals surface area contributed by atoms with Crippen molar-refractivity contribution in [3.05, 3.63) is 11.8 Å². The number of esters is 2. The minimum Gasteiger partial charge on any atom is -0.515 e. The van der Waals surface area contributed by atoms with Crippen LogP contribution in [0.15, 0.2) is 11.8 Å². The van der Waals surface area contributed by atoms with E-state index in [1.807, 2.05) is 0 Å². The fourth-order valence-corrected chi connectivity index (χ4v) is 6.56. The van der Waals surface area contributed by atoms with Crippen LogP contribution >= 0.6 is 0 Å². The van der Waals surface area contributed by atoms with E-state index in [0.29, 0.717) is 19.1 Å². The maximum Gasteiger partial charge on any atom is 0.336 e. The lowest BCUT2D eigenvalue weighted by molar-refractivity contribution is -0.234. The molecule has 26 heavy (non-hydrogen) atoms. The molecule has 4 fully saturated rings. The van der Waals surface area contributed by atoms with Gasteiger partial charge >= 0.3 is 11.9 Å². The predicted molar refractivity (Wildman–Crippen MR) is 94.2 cm³/mol. The van der Waals surface area contributed by atoms with Gasteiger partial charge in [-0.05, 0) is 56.3 Å². The normalized spacial score (nSPS) is 41.2. The van der Waals surface area contributed by atoms with Crippen molar-refractivity contribution in [2.24, 2.45) is 16.2 Å². The summed E-state index contributed by atoms with van der Waals surface area (Å²) in [7, 11) is 0. The van der Waals surface area contributed by atoms with Gasteiger partial charge in [0, 0.05) is 6.42 Å². The molecule has 4 rings (SSSR count). The fraction of sp³-hybridized carbons (Fsp3) is 0.800. The Morgan fingerprint density at radius 1 is 0.962 bits per heavy atom. The number of ether oxygens (including phenoxy) is 2. The molecule has 2 N–H and O–H groups in total. The average molecular weight is 366 g/mol. The van der Waals surface area contributed by atoms with Crippen molar-refractivity contribution in [1.82, 2.24) is 0 Å². The van der Waals surface area contributed by atoms with Gasteiger partial charge in [-0.15, -0.1) is 0 Å². The SMILES string of the molecule is CC(=CO)C(=O)OCCCOC(=O)C12CC3(C)CC(C)(CC(O)(C3)C1)C2. The molecule has 0 saturated heterocycles. The van der Waals surface area contributed by atoms with E-state index in [0.717, 1.165) is 32.1 Å². The van der Waals surface area contributed by atoms with Gasteiger partial charge in [0.2, 0.25) is 0 Å². The molecule has 4 aliphatic carbocycles. The van der Waals surface area contributed by atoms with E-state index < -0.39 is 17.0 Å². The Bertz CT molecular complexity index is 583. The van der Waals surface area contributed by atoms with Crippen molar-refractivity contribution >= 4 is 11.9 Å². The lowest BCUT2D eigenvalue weighted by Gasteiger charge is -2.66. The van der Waals surface area contributed by atoms with Crippen LogP contribution in [0, 0.1) is 16.2 Å². The van der Waals surface area contributed by atoms with Gasteiger partial charge in [-0.3, -0.25) is 4.79 Å². The largest absolute Gasteiger partial charge is 0.515 e. The number of aliphatic hydroxyl groups is 2. The number of rotatable bonds is 6. The smallest absolute Gasteiger partial charge is 0.336 e. The first-order valence-electron chi connectivity index (χ1n) is 9.41. The van der Waals surface area contributed by atoms with Crippen LogP contribution in [-0.4, -0.2) is 41.0 Å². The zero-order chi connectivity index (χ0) is 19.2. The minimum absolute atomic E-state index is 0.000949. The summed E-state index contributed by atoms with van der Waals surface area (Å²) >= 11 is 0. The van der Waals surface area contributed by atoms with Crippen LogP contribution in [0.1, 0.15) is 65.7 Å². The zero-order valence-corrected chi connectivity index (χ0v) is 16.0. The molecule has 0 aromatic carbocycles. The summed E-state index contributed by atoms with van der Waals surface area (Å²) in [5, 5.41) is 19.7. The van der Waals surface area contributed by atoms with E-state index >= 15 is 0 Å². The molecular weight excluding hydrogens is 336 g/mol. The molecule has 4 bridgehead atoms. The molecule has 2 unspecified atom stereocenters. The van der Waals surface area contributed by atoms with Gasteiger partial charge in [0.25, 0.3) is 0 Å². The van der Waals surface area contributed by atoms with Crippen LogP contribution in [0.4, 0.5) is 0 Å². The molecular formula is C20H30O6. The Morgan fingerprint density at radius 3 is 2.08 bits per heavy atom. The highest BCUT2D eigenvalue weighted by molar-refractivity contribution is 5.87. The highest BCUT2D eigenvalue weighted by Gasteiger charge is 2.68. The molecule has 6 nitrogen and oxygen atoms in total. The van der Waals surface area contributed by atoms with Gasteiger partial charge in [0.15, 0.2) is 0 Å². The van der Waals surface area contributed by atoms with Gasteiger partial charge < -0.3 is 19.7 Å². The number of hydrogen-bond acceptors (Lipinski definition) is 6. The Hall–Kier alpha value is -1.56. The van der Waals surface area contributed by atoms with E-state index in [2.05, 4.69) is 13.8 Å². The van der Waals surface area contributed by atoms with Crippen LogP contribution in [0.2, 0.25) is 0 Å². The first-order valence-corrected chi connectivity index (χ1v) is 9.41. The molecule has 0 aliphatic heterocycles. The molecule has 4 saturated carbocycles. The molecule has 2 atom stereocenters. The summed E-state index contributed by atoms with van der Waals surface area (Å²) in [6, 6.07) is 0. The number of hydrogen-bond donors (Lipinski definition) is 2. The summed E-state index contributed by atoms with van der Waals surface area (Å²) in [4.78, 5) is 24.3. The third-order valence-corrected chi connectivity index (χ3v) is 6.27. The topological polar surface area (TPSA) is 93.1 Å². The Kier molecular flexibility index (Phi) is 4.62. The Balaban J connectivity index is 1.55. The zero-order valence-electron chi connectivity index (χ0n) is 16.0. The van der Waals surface area contributed by atoms with Crippen LogP contribution < -0.4 is 0 Å². The standard InChI is InChI=1S/C20H30O6/c1-14(7-21)15(22)25-5-4-6-26-16(23)19-9-17(2)8-18(3,10-19)12-20(24,11-17)13-19/h7,21,24H,4-6,8-13H2,1-3H3. The van der Waals surface area contributed by atoms with Crippen molar-refractivity contribution in [3.8, 4) is 0 Å². The van der Waals surface area contributed by atoms with Gasteiger partial charge in [0.1, 0.15) is 0 Å². The molecule has 0 heterocycles. The predicted octanol–water partition coefficient (Wildman–Crippen LogP) is 3.04. The average Bonchev–Trinajstić information content (AvgIpc) is 2.48. The van der Waals surface area contributed by atoms with Crippen molar-refractivity contribution < 1.29 is 29.3 Å². The van der Waals surface area contributed by atoms with E-state index in [1.54, 1.807) is 0 Å². The second-order valence-corrected chi connectivity index (χ2v) is 9.62. The highest BCUT2D eigenvalue weighted by Crippen LogP contribution is 2.70. The van der Waals surface area contributed by atoms with Gasteiger partial charge in [-0.25, -0.2) is 4.79 Å². The number of carbonyl (C=O) groups is 2. The summed E-state index contributed by atoms with van der Waals surface area (Å²) in [6.45, 7) is 6.14. The maximum atomic E-state index is 12.9. The van der Waals surface area contributed by atoms with Crippen molar-refractivity contribution in [1.29, 1.82) is 0 Å². The van der Waals surface area contributed by atoms with Crippen molar-refractivity contribution in [3.63, 3.8) is 0 Å². The number of aliphatic hydroxyl groups excluding tert-OH is 1. The molecule has 4 aliphatic rings. The van der Waals surface area contributed by atoms with E-state index in [-0.39, 0.29) is 35.6 Å². The van der Waals surface area contributed by atoms with Crippen LogP contribution in [0.25, 0.3) is 0 Å². The summed E-state index contributed by atoms with van der Waals surface area (Å²) in [5.41, 5.74) is -1.20. The van der Waals surface area contributed by atoms with Gasteiger partial charge in [0.05, 0.1) is 36.1 Å². The summed E-state index contributed by atoms with van der Waals surface area (Å²) in [6.07, 6.45) is 5.80. The summed E-state index contributed by atoms with van der Waals surface area (Å²) < 4.78 is 10.5. The quantitative estimate of drug-likeness (QED) is 0.325. The third-order valence-electron chi connectivity index (χ3n) is 6.27. The van der Waals surface area contributed by atoms with E-state index in [9.17, 15) is 14.7 Å². The van der Waals surface area contributed by atoms with E-state index in [4.69, 9.17) is 14.6 Å². The first-order chi connectivity index (χ1) is 12.0. The van der Waals surface area contributed by atoms with Crippen molar-refractivity contribution in [2.45, 2.75) is 71.3 Å². The molecule has 0 spiro atoms. The molecule has 0 radical (unpaired) electrons. The molecule has 0 amide bonds. The lowest BCUT2D eigenvalue weighted by Crippen LogP contribution is -2.64. The van der Waals surface area contributed by atoms with Crippen LogP contribution in [-0.2, 0) is 19.1 Å². The Labute approximate surface area is 154 Å². The second-order valence-electron chi connectivity index (χ2n) is 9.62. The molecule has 0 aromatic heterocycles. The molecule has 6 heteroatoms. The molecule has 146 valence electrons. The van der Waals surface area contributed by atoms with Crippen molar-refractivity contribution in [2.75, 3.05) is 13.2 Å². The van der Waals surface area contributed by atoms with Crippen LogP contribution in [0.5, 0.6) is 0 Å². The summed E-state index contributed by atoms with van der Waals surface area (Å²) in [5.74, 6) is -0.798.